The number of allylic oxidation sites excluding steroid dienone is 6. The number of hydrogen-bond acceptors (Lipinski definition) is 5. The summed E-state index contributed by atoms with van der Waals surface area (Å²) < 4.78 is 23.9. The van der Waals surface area contributed by atoms with Gasteiger partial charge in [-0.25, -0.2) is 4.57 Å². The average Bonchev–Trinajstić information content (AvgIpc) is 3.56. The van der Waals surface area contributed by atoms with Crippen LogP contribution in [0, 0.1) is 0 Å². The van der Waals surface area contributed by atoms with Gasteiger partial charge in [0, 0.05) is 6.42 Å². The SMILES string of the molecule is CCCCCCC/C=C\C/C=C\C/C=C\CCCCCCCCCCCCCCCCCCC(=O)NC(COP(=O)(O)OCC[N+](C)(C)C)C(O)CCCCCCCCCCCCCCCCCCCCCCCCCCCCCCCCC. The van der Waals surface area contributed by atoms with Crippen LogP contribution in [-0.2, 0) is 18.4 Å². The van der Waals surface area contributed by atoms with Gasteiger partial charge in [-0.1, -0.05) is 365 Å². The fourth-order valence-corrected chi connectivity index (χ4v) is 12.3. The van der Waals surface area contributed by atoms with Crippen molar-refractivity contribution >= 4 is 13.7 Å². The Balaban J connectivity index is 3.98. The minimum absolute atomic E-state index is 0.0763. The van der Waals surface area contributed by atoms with Crippen molar-refractivity contribution in [3.63, 3.8) is 0 Å². The van der Waals surface area contributed by atoms with Crippen molar-refractivity contribution in [1.29, 1.82) is 0 Å². The number of aliphatic hydroxyl groups is 1. The third-order valence-corrected chi connectivity index (χ3v) is 18.4. The van der Waals surface area contributed by atoms with E-state index in [9.17, 15) is 19.4 Å². The van der Waals surface area contributed by atoms with Crippen molar-refractivity contribution in [3.8, 4) is 0 Å². The molecule has 1 amide bonds. The normalized spacial score (nSPS) is 13.8. The first-order valence-electron chi connectivity index (χ1n) is 37.4. The van der Waals surface area contributed by atoms with Crippen LogP contribution >= 0.6 is 7.82 Å². The van der Waals surface area contributed by atoms with Gasteiger partial charge in [0.15, 0.2) is 0 Å². The maximum Gasteiger partial charge on any atom is 0.472 e. The molecule has 0 radical (unpaired) electrons. The van der Waals surface area contributed by atoms with E-state index in [0.29, 0.717) is 23.9 Å². The summed E-state index contributed by atoms with van der Waals surface area (Å²) in [6.07, 6.45) is 88.4. The number of unbranched alkanes of at least 4 members (excludes halogenated alkanes) is 51. The number of carbonyl (C=O) groups is 1. The van der Waals surface area contributed by atoms with Gasteiger partial charge in [-0.3, -0.25) is 13.8 Å². The highest BCUT2D eigenvalue weighted by Gasteiger charge is 2.28. The van der Waals surface area contributed by atoms with E-state index in [-0.39, 0.29) is 19.1 Å². The van der Waals surface area contributed by atoms with Crippen LogP contribution in [0.5, 0.6) is 0 Å². The highest BCUT2D eigenvalue weighted by molar-refractivity contribution is 7.47. The summed E-state index contributed by atoms with van der Waals surface area (Å²) in [5, 5.41) is 14.2. The van der Waals surface area contributed by atoms with Crippen LogP contribution in [0.25, 0.3) is 0 Å². The molecule has 0 saturated heterocycles. The highest BCUT2D eigenvalue weighted by atomic mass is 31.2. The second kappa shape index (κ2) is 66.1. The maximum atomic E-state index is 13.1. The van der Waals surface area contributed by atoms with Crippen LogP contribution in [0.1, 0.15) is 386 Å². The molecule has 0 fully saturated rings. The Hall–Kier alpha value is -1.28. The second-order valence-corrected chi connectivity index (χ2v) is 28.5. The Labute approximate surface area is 525 Å². The number of phosphoric acid groups is 1. The minimum Gasteiger partial charge on any atom is -0.391 e. The van der Waals surface area contributed by atoms with E-state index in [1.54, 1.807) is 0 Å². The molecule has 0 aromatic rings. The lowest BCUT2D eigenvalue weighted by atomic mass is 10.0. The van der Waals surface area contributed by atoms with Crippen LogP contribution in [0.2, 0.25) is 0 Å². The van der Waals surface area contributed by atoms with Crippen molar-refractivity contribution in [1.82, 2.24) is 5.32 Å². The van der Waals surface area contributed by atoms with Crippen molar-refractivity contribution in [2.24, 2.45) is 0 Å². The molecule has 498 valence electrons. The molecule has 3 N–H and O–H groups in total. The van der Waals surface area contributed by atoms with Gasteiger partial charge in [0.25, 0.3) is 0 Å². The zero-order valence-electron chi connectivity index (χ0n) is 57.2. The van der Waals surface area contributed by atoms with Crippen LogP contribution < -0.4 is 5.32 Å². The lowest BCUT2D eigenvalue weighted by molar-refractivity contribution is -0.870. The van der Waals surface area contributed by atoms with Gasteiger partial charge in [-0.2, -0.15) is 0 Å². The molecule has 84 heavy (non-hydrogen) atoms. The zero-order valence-corrected chi connectivity index (χ0v) is 58.1. The van der Waals surface area contributed by atoms with Gasteiger partial charge < -0.3 is 19.8 Å². The Morgan fingerprint density at radius 3 is 0.988 bits per heavy atom. The highest BCUT2D eigenvalue weighted by Crippen LogP contribution is 2.43. The first-order valence-corrected chi connectivity index (χ1v) is 38.8. The Bertz CT molecular complexity index is 1460. The molecule has 0 bridgehead atoms. The quantitative estimate of drug-likeness (QED) is 0.0243. The molecular formula is C75H148N2O6P+. The van der Waals surface area contributed by atoms with Gasteiger partial charge >= 0.3 is 7.82 Å². The van der Waals surface area contributed by atoms with Crippen molar-refractivity contribution in [2.75, 3.05) is 40.9 Å². The predicted octanol–water partition coefficient (Wildman–Crippen LogP) is 24.0. The summed E-state index contributed by atoms with van der Waals surface area (Å²) in [4.78, 5) is 23.5. The number of hydrogen-bond donors (Lipinski definition) is 3. The van der Waals surface area contributed by atoms with Crippen molar-refractivity contribution in [2.45, 2.75) is 398 Å². The molecule has 8 nitrogen and oxygen atoms in total. The monoisotopic (exact) mass is 1200 g/mol. The molecule has 3 unspecified atom stereocenters. The molecule has 0 spiro atoms. The standard InChI is InChI=1S/C75H147N2O6P/c1-6-8-10-12-14-16-18-20-22-24-26-28-30-32-34-36-38-40-42-44-46-48-50-52-54-56-58-60-62-64-66-68-74(78)73(72-83-84(80,81)82-71-70-77(3,4)5)76-75(79)69-67-65-63-61-59-57-55-53-51-49-47-45-43-41-39-37-35-33-31-29-27-25-23-21-19-17-15-13-11-9-7-2/h19,21,25,27,31,33,73-74,78H,6-18,20,22-24,26,28-30,32,34-72H2,1-5H3,(H-,76,79,80,81)/p+1/b21-19-,27-25-,33-31-. The van der Waals surface area contributed by atoms with E-state index >= 15 is 0 Å². The summed E-state index contributed by atoms with van der Waals surface area (Å²) in [6, 6.07) is -0.762. The number of carbonyl (C=O) groups excluding carboxylic acids is 1. The molecule has 0 rings (SSSR count). The van der Waals surface area contributed by atoms with Gasteiger partial charge in [0.05, 0.1) is 39.9 Å². The molecule has 9 heteroatoms. The topological polar surface area (TPSA) is 105 Å². The van der Waals surface area contributed by atoms with Gasteiger partial charge in [-0.05, 0) is 51.4 Å². The number of rotatable bonds is 70. The van der Waals surface area contributed by atoms with Crippen LogP contribution in [0.3, 0.4) is 0 Å². The Morgan fingerprint density at radius 2 is 0.679 bits per heavy atom. The average molecular weight is 1200 g/mol. The van der Waals surface area contributed by atoms with Crippen LogP contribution in [-0.4, -0.2) is 73.4 Å². The Morgan fingerprint density at radius 1 is 0.405 bits per heavy atom. The summed E-state index contributed by atoms with van der Waals surface area (Å²) in [5.74, 6) is -0.137. The molecule has 0 aromatic carbocycles. The Kier molecular flexibility index (Phi) is 65.1. The predicted molar refractivity (Wildman–Crippen MR) is 369 cm³/mol. The number of nitrogens with zero attached hydrogens (tertiary/aromatic N) is 1. The molecule has 0 aromatic heterocycles. The molecular weight excluding hydrogens is 1060 g/mol. The van der Waals surface area contributed by atoms with Crippen molar-refractivity contribution in [3.05, 3.63) is 36.5 Å². The van der Waals surface area contributed by atoms with E-state index in [4.69, 9.17) is 9.05 Å². The van der Waals surface area contributed by atoms with Gasteiger partial charge in [0.2, 0.25) is 5.91 Å². The zero-order chi connectivity index (χ0) is 61.2. The van der Waals surface area contributed by atoms with Crippen LogP contribution in [0.4, 0.5) is 0 Å². The first kappa shape index (κ1) is 82.7. The van der Waals surface area contributed by atoms with E-state index < -0.39 is 20.0 Å². The largest absolute Gasteiger partial charge is 0.472 e. The smallest absolute Gasteiger partial charge is 0.391 e. The number of quaternary nitrogens is 1. The third-order valence-electron chi connectivity index (χ3n) is 17.4. The molecule has 3 atom stereocenters. The molecule has 0 aliphatic heterocycles. The number of phosphoric ester groups is 1. The van der Waals surface area contributed by atoms with Crippen molar-refractivity contribution < 1.29 is 32.9 Å². The molecule has 0 aliphatic carbocycles. The number of amides is 1. The summed E-state index contributed by atoms with van der Waals surface area (Å²) in [5.41, 5.74) is 0. The second-order valence-electron chi connectivity index (χ2n) is 27.0. The summed E-state index contributed by atoms with van der Waals surface area (Å²) in [6.45, 7) is 4.94. The van der Waals surface area contributed by atoms with Gasteiger partial charge in [0.1, 0.15) is 13.2 Å². The molecule has 0 saturated carbocycles. The summed E-state index contributed by atoms with van der Waals surface area (Å²) >= 11 is 0. The fraction of sp³-hybridized carbons (Fsp3) is 0.907. The number of likely N-dealkylation sites (N-methyl/N-ethyl adjacent to an activating group) is 1. The third kappa shape index (κ3) is 68.2. The van der Waals surface area contributed by atoms with E-state index in [1.807, 2.05) is 21.1 Å². The van der Waals surface area contributed by atoms with E-state index in [2.05, 4.69) is 55.6 Å². The van der Waals surface area contributed by atoms with E-state index in [0.717, 1.165) is 51.4 Å². The lowest BCUT2D eigenvalue weighted by Gasteiger charge is -2.26. The van der Waals surface area contributed by atoms with E-state index in [1.165, 1.54) is 308 Å². The lowest BCUT2D eigenvalue weighted by Crippen LogP contribution is -2.46. The minimum atomic E-state index is -4.33. The number of aliphatic hydroxyl groups excluding tert-OH is 1. The first-order chi connectivity index (χ1) is 41.0. The maximum absolute atomic E-state index is 13.1. The van der Waals surface area contributed by atoms with Gasteiger partial charge in [-0.15, -0.1) is 0 Å². The van der Waals surface area contributed by atoms with Crippen LogP contribution in [0.15, 0.2) is 36.5 Å². The fourth-order valence-electron chi connectivity index (χ4n) is 11.6. The molecule has 0 heterocycles. The molecule has 0 aliphatic rings. The number of nitrogens with one attached hydrogen (secondary N) is 1. The summed E-state index contributed by atoms with van der Waals surface area (Å²) in [7, 11) is 1.63.